The molecule has 1 amide bonds. The Bertz CT molecular complexity index is 148. The van der Waals surface area contributed by atoms with Crippen molar-refractivity contribution in [2.45, 2.75) is 45.4 Å². The van der Waals surface area contributed by atoms with Gasteiger partial charge in [-0.3, -0.25) is 4.79 Å². The number of aliphatic hydroxyl groups is 1. The van der Waals surface area contributed by atoms with Gasteiger partial charge >= 0.3 is 0 Å². The van der Waals surface area contributed by atoms with Crippen molar-refractivity contribution in [2.24, 2.45) is 5.73 Å². The maximum Gasteiger partial charge on any atom is 0.250 e. The minimum Gasteiger partial charge on any atom is -0.382 e. The highest BCUT2D eigenvalue weighted by atomic mass is 16.3. The number of nitrogens with one attached hydrogen (secondary N) is 1. The molecular weight excluding hydrogens is 156 g/mol. The summed E-state index contributed by atoms with van der Waals surface area (Å²) in [5.41, 5.74) is 5.48. The molecule has 0 aromatic heterocycles. The quantitative estimate of drug-likeness (QED) is 0.543. The highest BCUT2D eigenvalue weighted by Crippen LogP contribution is 1.95. The fourth-order valence-corrected chi connectivity index (χ4v) is 0.788. The minimum atomic E-state index is -1.09. The monoisotopic (exact) mass is 174 g/mol. The fraction of sp³-hybridized carbons (Fsp3) is 0.875. The molecule has 0 fully saturated rings. The molecule has 0 saturated heterocycles. The van der Waals surface area contributed by atoms with Crippen LogP contribution < -0.4 is 11.1 Å². The summed E-state index contributed by atoms with van der Waals surface area (Å²) in [5.74, 6) is -0.389. The SMILES string of the molecule is CCC(N)C(O)C(=O)NC(C)C. The van der Waals surface area contributed by atoms with Crippen molar-refractivity contribution in [1.82, 2.24) is 5.32 Å². The molecule has 12 heavy (non-hydrogen) atoms. The molecule has 0 saturated carbocycles. The van der Waals surface area contributed by atoms with E-state index in [2.05, 4.69) is 5.32 Å². The molecule has 0 aromatic rings. The Morgan fingerprint density at radius 3 is 2.42 bits per heavy atom. The molecule has 0 radical (unpaired) electrons. The molecule has 0 heterocycles. The van der Waals surface area contributed by atoms with Crippen LogP contribution in [0, 0.1) is 0 Å². The van der Waals surface area contributed by atoms with E-state index in [1.807, 2.05) is 20.8 Å². The molecule has 2 atom stereocenters. The van der Waals surface area contributed by atoms with E-state index >= 15 is 0 Å². The summed E-state index contributed by atoms with van der Waals surface area (Å²) in [6.45, 7) is 5.50. The molecule has 0 spiro atoms. The summed E-state index contributed by atoms with van der Waals surface area (Å²) in [7, 11) is 0. The van der Waals surface area contributed by atoms with Gasteiger partial charge in [-0.1, -0.05) is 6.92 Å². The van der Waals surface area contributed by atoms with E-state index in [0.717, 1.165) is 0 Å². The van der Waals surface area contributed by atoms with Gasteiger partial charge in [0.15, 0.2) is 0 Å². The number of nitrogens with two attached hydrogens (primary N) is 1. The second-order valence-electron chi connectivity index (χ2n) is 3.18. The lowest BCUT2D eigenvalue weighted by Crippen LogP contribution is -2.47. The summed E-state index contributed by atoms with van der Waals surface area (Å²) < 4.78 is 0. The summed E-state index contributed by atoms with van der Waals surface area (Å²) in [6, 6.07) is -0.431. The first-order valence-corrected chi connectivity index (χ1v) is 4.23. The number of carbonyl (C=O) groups excluding carboxylic acids is 1. The second kappa shape index (κ2) is 5.11. The zero-order valence-corrected chi connectivity index (χ0v) is 7.87. The van der Waals surface area contributed by atoms with Crippen molar-refractivity contribution in [2.75, 3.05) is 0 Å². The van der Waals surface area contributed by atoms with Crippen LogP contribution in [0.3, 0.4) is 0 Å². The van der Waals surface area contributed by atoms with E-state index in [1.54, 1.807) is 0 Å². The van der Waals surface area contributed by atoms with Gasteiger partial charge in [-0.15, -0.1) is 0 Å². The van der Waals surface area contributed by atoms with Crippen LogP contribution in [0.1, 0.15) is 27.2 Å². The number of rotatable bonds is 4. The van der Waals surface area contributed by atoms with E-state index in [-0.39, 0.29) is 11.9 Å². The highest BCUT2D eigenvalue weighted by Gasteiger charge is 2.21. The summed E-state index contributed by atoms with van der Waals surface area (Å²) in [5, 5.41) is 11.9. The van der Waals surface area contributed by atoms with E-state index < -0.39 is 12.1 Å². The van der Waals surface area contributed by atoms with Crippen molar-refractivity contribution in [3.8, 4) is 0 Å². The maximum atomic E-state index is 11.1. The second-order valence-corrected chi connectivity index (χ2v) is 3.18. The number of amides is 1. The Morgan fingerprint density at radius 2 is 2.08 bits per heavy atom. The Labute approximate surface area is 73.1 Å². The van der Waals surface area contributed by atoms with Gasteiger partial charge < -0.3 is 16.2 Å². The third kappa shape index (κ3) is 3.69. The van der Waals surface area contributed by atoms with Gasteiger partial charge in [0.2, 0.25) is 0 Å². The number of carbonyl (C=O) groups is 1. The third-order valence-electron chi connectivity index (χ3n) is 1.58. The summed E-state index contributed by atoms with van der Waals surface area (Å²) >= 11 is 0. The third-order valence-corrected chi connectivity index (χ3v) is 1.58. The first kappa shape index (κ1) is 11.4. The van der Waals surface area contributed by atoms with E-state index in [9.17, 15) is 9.90 Å². The van der Waals surface area contributed by atoms with Crippen LogP contribution in [0.5, 0.6) is 0 Å². The van der Waals surface area contributed by atoms with Crippen LogP contribution in [0.2, 0.25) is 0 Å². The lowest BCUT2D eigenvalue weighted by Gasteiger charge is -2.18. The molecular formula is C8H18N2O2. The Hall–Kier alpha value is -0.610. The van der Waals surface area contributed by atoms with Gasteiger partial charge in [0.1, 0.15) is 6.10 Å². The molecule has 0 rings (SSSR count). The Morgan fingerprint density at radius 1 is 1.58 bits per heavy atom. The van der Waals surface area contributed by atoms with Gasteiger partial charge in [0, 0.05) is 12.1 Å². The van der Waals surface area contributed by atoms with Gasteiger partial charge in [-0.05, 0) is 20.3 Å². The fourth-order valence-electron chi connectivity index (χ4n) is 0.788. The van der Waals surface area contributed by atoms with Gasteiger partial charge in [0.05, 0.1) is 0 Å². The molecule has 4 nitrogen and oxygen atoms in total. The molecule has 2 unspecified atom stereocenters. The highest BCUT2D eigenvalue weighted by molar-refractivity contribution is 5.81. The number of hydrogen-bond acceptors (Lipinski definition) is 3. The average molecular weight is 174 g/mol. The topological polar surface area (TPSA) is 75.3 Å². The van der Waals surface area contributed by atoms with E-state index in [1.165, 1.54) is 0 Å². The molecule has 0 bridgehead atoms. The van der Waals surface area contributed by atoms with E-state index in [4.69, 9.17) is 5.73 Å². The lowest BCUT2D eigenvalue weighted by atomic mass is 10.1. The van der Waals surface area contributed by atoms with Crippen molar-refractivity contribution in [1.29, 1.82) is 0 Å². The molecule has 0 aliphatic heterocycles. The van der Waals surface area contributed by atoms with Crippen LogP contribution >= 0.6 is 0 Å². The molecule has 4 heteroatoms. The van der Waals surface area contributed by atoms with Crippen LogP contribution in [-0.2, 0) is 4.79 Å². The summed E-state index contributed by atoms with van der Waals surface area (Å²) in [4.78, 5) is 11.1. The van der Waals surface area contributed by atoms with Crippen molar-refractivity contribution in [3.63, 3.8) is 0 Å². The molecule has 0 aliphatic rings. The first-order chi connectivity index (χ1) is 5.49. The van der Waals surface area contributed by atoms with Crippen LogP contribution in [0.25, 0.3) is 0 Å². The molecule has 0 aromatic carbocycles. The largest absolute Gasteiger partial charge is 0.382 e. The number of hydrogen-bond donors (Lipinski definition) is 3. The van der Waals surface area contributed by atoms with Crippen molar-refractivity contribution >= 4 is 5.91 Å². The normalized spacial score (nSPS) is 15.8. The van der Waals surface area contributed by atoms with Gasteiger partial charge in [0.25, 0.3) is 5.91 Å². The van der Waals surface area contributed by atoms with Gasteiger partial charge in [-0.2, -0.15) is 0 Å². The average Bonchev–Trinajstić information content (AvgIpc) is 2.00. The van der Waals surface area contributed by atoms with Crippen molar-refractivity contribution in [3.05, 3.63) is 0 Å². The standard InChI is InChI=1S/C8H18N2O2/c1-4-6(9)7(11)8(12)10-5(2)3/h5-7,11H,4,9H2,1-3H3,(H,10,12). The smallest absolute Gasteiger partial charge is 0.250 e. The molecule has 0 aliphatic carbocycles. The maximum absolute atomic E-state index is 11.1. The van der Waals surface area contributed by atoms with Gasteiger partial charge in [-0.25, -0.2) is 0 Å². The minimum absolute atomic E-state index is 0.0382. The zero-order valence-electron chi connectivity index (χ0n) is 7.87. The molecule has 72 valence electrons. The molecule has 4 N–H and O–H groups in total. The predicted octanol–water partition coefficient (Wildman–Crippen LogP) is -0.391. The first-order valence-electron chi connectivity index (χ1n) is 4.23. The Balaban J connectivity index is 3.92. The van der Waals surface area contributed by atoms with Crippen LogP contribution in [-0.4, -0.2) is 29.2 Å². The van der Waals surface area contributed by atoms with Crippen LogP contribution in [0.4, 0.5) is 0 Å². The predicted molar refractivity (Wildman–Crippen MR) is 47.6 cm³/mol. The lowest BCUT2D eigenvalue weighted by molar-refractivity contribution is -0.130. The van der Waals surface area contributed by atoms with Crippen molar-refractivity contribution < 1.29 is 9.90 Å². The number of aliphatic hydroxyl groups excluding tert-OH is 1. The van der Waals surface area contributed by atoms with Crippen LogP contribution in [0.15, 0.2) is 0 Å². The summed E-state index contributed by atoms with van der Waals surface area (Å²) in [6.07, 6.45) is -0.496. The zero-order chi connectivity index (χ0) is 9.72. The van der Waals surface area contributed by atoms with E-state index in [0.29, 0.717) is 6.42 Å². The Kier molecular flexibility index (Phi) is 4.85.